The summed E-state index contributed by atoms with van der Waals surface area (Å²) in [5.41, 5.74) is 3.40. The first-order valence-electron chi connectivity index (χ1n) is 5.22. The standard InChI is InChI=1S/C7H9N.C6H8N2/c1-6-3-4-7(2)8-5-6;1-5-3-7-6(2)8-4-5/h3-5H,1-2H3;3-4H,1-2H3. The van der Waals surface area contributed by atoms with Crippen LogP contribution in [0, 0.1) is 27.7 Å². The molecule has 0 aromatic carbocycles. The number of aromatic nitrogens is 3. The molecule has 0 fully saturated rings. The molecule has 0 saturated carbocycles. The molecule has 0 aliphatic rings. The monoisotopic (exact) mass is 215 g/mol. The van der Waals surface area contributed by atoms with Crippen molar-refractivity contribution in [3.05, 3.63) is 53.4 Å². The lowest BCUT2D eigenvalue weighted by atomic mass is 10.3. The van der Waals surface area contributed by atoms with E-state index in [2.05, 4.69) is 21.0 Å². The highest BCUT2D eigenvalue weighted by atomic mass is 14.8. The van der Waals surface area contributed by atoms with Crippen LogP contribution in [0.3, 0.4) is 0 Å². The van der Waals surface area contributed by atoms with Crippen LogP contribution in [0.25, 0.3) is 0 Å². The van der Waals surface area contributed by atoms with E-state index in [1.807, 2.05) is 52.4 Å². The molecular formula is C13H17N3. The van der Waals surface area contributed by atoms with Gasteiger partial charge in [0.1, 0.15) is 5.82 Å². The third kappa shape index (κ3) is 4.64. The second-order valence-corrected chi connectivity index (χ2v) is 3.78. The fourth-order valence-electron chi connectivity index (χ4n) is 0.999. The second-order valence-electron chi connectivity index (χ2n) is 3.78. The maximum Gasteiger partial charge on any atom is 0.125 e. The Morgan fingerprint density at radius 2 is 1.25 bits per heavy atom. The summed E-state index contributed by atoms with van der Waals surface area (Å²) < 4.78 is 0. The molecular weight excluding hydrogens is 198 g/mol. The van der Waals surface area contributed by atoms with E-state index in [-0.39, 0.29) is 0 Å². The minimum Gasteiger partial charge on any atom is -0.261 e. The molecule has 0 aliphatic carbocycles. The van der Waals surface area contributed by atoms with Crippen LogP contribution in [-0.4, -0.2) is 15.0 Å². The Hall–Kier alpha value is -1.77. The van der Waals surface area contributed by atoms with Crippen molar-refractivity contribution in [3.63, 3.8) is 0 Å². The molecule has 0 spiro atoms. The zero-order valence-electron chi connectivity index (χ0n) is 10.2. The molecule has 0 bridgehead atoms. The van der Waals surface area contributed by atoms with Gasteiger partial charge in [-0.05, 0) is 44.9 Å². The molecule has 0 radical (unpaired) electrons. The van der Waals surface area contributed by atoms with Gasteiger partial charge in [-0.1, -0.05) is 6.07 Å². The van der Waals surface area contributed by atoms with Gasteiger partial charge in [0.2, 0.25) is 0 Å². The van der Waals surface area contributed by atoms with Crippen molar-refractivity contribution in [2.75, 3.05) is 0 Å². The quantitative estimate of drug-likeness (QED) is 0.678. The van der Waals surface area contributed by atoms with Gasteiger partial charge in [0, 0.05) is 24.3 Å². The first-order valence-corrected chi connectivity index (χ1v) is 5.22. The molecule has 2 heterocycles. The Labute approximate surface area is 96.6 Å². The van der Waals surface area contributed by atoms with Crippen LogP contribution < -0.4 is 0 Å². The van der Waals surface area contributed by atoms with E-state index in [0.717, 1.165) is 17.1 Å². The van der Waals surface area contributed by atoms with Gasteiger partial charge in [-0.25, -0.2) is 9.97 Å². The summed E-state index contributed by atoms with van der Waals surface area (Å²) in [5, 5.41) is 0. The van der Waals surface area contributed by atoms with Crippen molar-refractivity contribution >= 4 is 0 Å². The molecule has 3 heteroatoms. The van der Waals surface area contributed by atoms with Crippen molar-refractivity contribution < 1.29 is 0 Å². The molecule has 0 saturated heterocycles. The zero-order chi connectivity index (χ0) is 12.0. The van der Waals surface area contributed by atoms with Crippen LogP contribution in [0.5, 0.6) is 0 Å². The molecule has 84 valence electrons. The summed E-state index contributed by atoms with van der Waals surface area (Å²) in [7, 11) is 0. The van der Waals surface area contributed by atoms with E-state index < -0.39 is 0 Å². The fraction of sp³-hybridized carbons (Fsp3) is 0.308. The average Bonchev–Trinajstić information content (AvgIpc) is 2.28. The summed E-state index contributed by atoms with van der Waals surface area (Å²) in [5.74, 6) is 0.829. The van der Waals surface area contributed by atoms with Crippen LogP contribution in [-0.2, 0) is 0 Å². The van der Waals surface area contributed by atoms with Crippen molar-refractivity contribution in [2.45, 2.75) is 27.7 Å². The van der Waals surface area contributed by atoms with E-state index in [0.29, 0.717) is 0 Å². The van der Waals surface area contributed by atoms with Crippen molar-refractivity contribution in [3.8, 4) is 0 Å². The van der Waals surface area contributed by atoms with Crippen molar-refractivity contribution in [1.29, 1.82) is 0 Å². The maximum atomic E-state index is 4.08. The fourth-order valence-corrected chi connectivity index (χ4v) is 0.999. The molecule has 2 rings (SSSR count). The molecule has 0 N–H and O–H groups in total. The Kier molecular flexibility index (Phi) is 4.58. The molecule has 0 amide bonds. The Morgan fingerprint density at radius 3 is 1.62 bits per heavy atom. The highest BCUT2D eigenvalue weighted by Gasteiger charge is 1.82. The van der Waals surface area contributed by atoms with Gasteiger partial charge >= 0.3 is 0 Å². The molecule has 0 unspecified atom stereocenters. The van der Waals surface area contributed by atoms with E-state index in [1.54, 1.807) is 0 Å². The predicted molar refractivity (Wildman–Crippen MR) is 65.2 cm³/mol. The Bertz CT molecular complexity index is 332. The summed E-state index contributed by atoms with van der Waals surface area (Å²) in [6.07, 6.45) is 5.49. The first kappa shape index (κ1) is 12.3. The van der Waals surface area contributed by atoms with E-state index in [9.17, 15) is 0 Å². The van der Waals surface area contributed by atoms with Gasteiger partial charge in [-0.15, -0.1) is 0 Å². The largest absolute Gasteiger partial charge is 0.261 e. The van der Waals surface area contributed by atoms with E-state index in [1.165, 1.54) is 5.56 Å². The van der Waals surface area contributed by atoms with Gasteiger partial charge in [-0.3, -0.25) is 4.98 Å². The Balaban J connectivity index is 0.000000160. The SMILES string of the molecule is Cc1ccc(C)nc1.Cc1cnc(C)nc1. The highest BCUT2D eigenvalue weighted by Crippen LogP contribution is 1.94. The highest BCUT2D eigenvalue weighted by molar-refractivity contribution is 5.10. The third-order valence-electron chi connectivity index (χ3n) is 1.97. The average molecular weight is 215 g/mol. The smallest absolute Gasteiger partial charge is 0.125 e. The topological polar surface area (TPSA) is 38.7 Å². The van der Waals surface area contributed by atoms with Gasteiger partial charge in [-0.2, -0.15) is 0 Å². The van der Waals surface area contributed by atoms with E-state index in [4.69, 9.17) is 0 Å². The molecule has 0 aliphatic heterocycles. The Morgan fingerprint density at radius 1 is 0.688 bits per heavy atom. The number of hydrogen-bond donors (Lipinski definition) is 0. The van der Waals surface area contributed by atoms with Crippen LogP contribution in [0.4, 0.5) is 0 Å². The van der Waals surface area contributed by atoms with Crippen LogP contribution in [0.15, 0.2) is 30.7 Å². The lowest BCUT2D eigenvalue weighted by molar-refractivity contribution is 1.03. The normalized spacial score (nSPS) is 9.25. The number of rotatable bonds is 0. The number of hydrogen-bond acceptors (Lipinski definition) is 3. The van der Waals surface area contributed by atoms with Crippen molar-refractivity contribution in [2.24, 2.45) is 0 Å². The maximum absolute atomic E-state index is 4.08. The van der Waals surface area contributed by atoms with Crippen LogP contribution in [0.1, 0.15) is 22.6 Å². The first-order chi connectivity index (χ1) is 7.58. The van der Waals surface area contributed by atoms with Crippen LogP contribution >= 0.6 is 0 Å². The van der Waals surface area contributed by atoms with Crippen molar-refractivity contribution in [1.82, 2.24) is 15.0 Å². The molecule has 3 nitrogen and oxygen atoms in total. The van der Waals surface area contributed by atoms with Gasteiger partial charge in [0.05, 0.1) is 0 Å². The summed E-state index contributed by atoms with van der Waals surface area (Å²) in [4.78, 5) is 12.0. The van der Waals surface area contributed by atoms with Gasteiger partial charge in [0.15, 0.2) is 0 Å². The minimum atomic E-state index is 0.829. The molecule has 0 atom stereocenters. The predicted octanol–water partition coefficient (Wildman–Crippen LogP) is 2.79. The lowest BCUT2D eigenvalue weighted by Crippen LogP contribution is -1.84. The second kappa shape index (κ2) is 5.95. The van der Waals surface area contributed by atoms with E-state index >= 15 is 0 Å². The number of aryl methyl sites for hydroxylation is 4. The summed E-state index contributed by atoms with van der Waals surface area (Å²) >= 11 is 0. The zero-order valence-corrected chi connectivity index (χ0v) is 10.2. The lowest BCUT2D eigenvalue weighted by Gasteiger charge is -1.89. The third-order valence-corrected chi connectivity index (χ3v) is 1.97. The van der Waals surface area contributed by atoms with Crippen LogP contribution in [0.2, 0.25) is 0 Å². The number of pyridine rings is 1. The molecule has 16 heavy (non-hydrogen) atoms. The summed E-state index contributed by atoms with van der Waals surface area (Å²) in [6.45, 7) is 7.87. The minimum absolute atomic E-state index is 0.829. The number of nitrogens with zero attached hydrogens (tertiary/aromatic N) is 3. The molecule has 2 aromatic heterocycles. The summed E-state index contributed by atoms with van der Waals surface area (Å²) in [6, 6.07) is 4.07. The molecule has 2 aromatic rings. The van der Waals surface area contributed by atoms with Gasteiger partial charge in [0.25, 0.3) is 0 Å². The van der Waals surface area contributed by atoms with Gasteiger partial charge < -0.3 is 0 Å².